The maximum atomic E-state index is 5.82. The lowest BCUT2D eigenvalue weighted by Crippen LogP contribution is -2.60. The normalized spacial score (nSPS) is 25.5. The number of likely N-dealkylation sites (tertiary alicyclic amines) is 1. The molecule has 3 rings (SSSR count). The van der Waals surface area contributed by atoms with Crippen LogP contribution in [0.5, 0.6) is 0 Å². The predicted octanol–water partition coefficient (Wildman–Crippen LogP) is 7.83. The molecule has 0 bridgehead atoms. The van der Waals surface area contributed by atoms with Crippen molar-refractivity contribution in [3.8, 4) is 0 Å². The minimum atomic E-state index is -0.815. The van der Waals surface area contributed by atoms with Crippen molar-refractivity contribution in [2.75, 3.05) is 13.2 Å². The van der Waals surface area contributed by atoms with Gasteiger partial charge in [0, 0.05) is 24.2 Å². The van der Waals surface area contributed by atoms with Gasteiger partial charge in [0.1, 0.15) is 0 Å². The Kier molecular flexibility index (Phi) is 10.7. The average Bonchev–Trinajstić information content (AvgIpc) is 3.23. The van der Waals surface area contributed by atoms with E-state index >= 15 is 0 Å². The molecule has 0 saturated carbocycles. The zero-order valence-corrected chi connectivity index (χ0v) is 22.8. The number of piperidine rings is 1. The third-order valence-corrected chi connectivity index (χ3v) is 8.93. The van der Waals surface area contributed by atoms with Crippen LogP contribution in [0.15, 0.2) is 30.3 Å². The van der Waals surface area contributed by atoms with Gasteiger partial charge in [0.25, 0.3) is 8.53 Å². The minimum Gasteiger partial charge on any atom is -0.319 e. The molecular weight excluding hydrogens is 427 g/mol. The first-order valence-electron chi connectivity index (χ1n) is 13.4. The second-order valence-electron chi connectivity index (χ2n) is 11.5. The van der Waals surface area contributed by atoms with Crippen molar-refractivity contribution < 1.29 is 9.05 Å². The molecular formula is C28H49N2O2P. The zero-order valence-electron chi connectivity index (χ0n) is 21.9. The van der Waals surface area contributed by atoms with Crippen LogP contribution >= 0.6 is 8.53 Å². The molecule has 2 saturated heterocycles. The summed E-state index contributed by atoms with van der Waals surface area (Å²) in [5.41, 5.74) is 1.93. The molecule has 0 spiro atoms. The lowest BCUT2D eigenvalue weighted by atomic mass is 9.72. The molecule has 0 aliphatic carbocycles. The van der Waals surface area contributed by atoms with Gasteiger partial charge in [-0.1, -0.05) is 75.8 Å². The number of rotatable bonds is 13. The van der Waals surface area contributed by atoms with Crippen LogP contribution in [0, 0.1) is 5.92 Å². The smallest absolute Gasteiger partial charge is 0.256 e. The highest BCUT2D eigenvalue weighted by molar-refractivity contribution is 7.45. The standard InChI is InChI=1S/C28H49N2O2P/c1-6-26-23-31-33(32-26)29-19-15-10-8-7-9-12-18-25-20-27(2,3)30(28(4,5)21-25)22-24-16-13-11-14-17-24/h11,13-14,16-17,25-26,29H,6-10,12,15,18-23H2,1-5H3. The lowest BCUT2D eigenvalue weighted by molar-refractivity contribution is -0.0600. The number of benzene rings is 1. The summed E-state index contributed by atoms with van der Waals surface area (Å²) in [6, 6.07) is 11.0. The molecule has 2 unspecified atom stereocenters. The van der Waals surface area contributed by atoms with Gasteiger partial charge in [0.05, 0.1) is 12.7 Å². The Morgan fingerprint density at radius 3 is 2.21 bits per heavy atom. The highest BCUT2D eigenvalue weighted by atomic mass is 31.2. The molecule has 1 aromatic rings. The van der Waals surface area contributed by atoms with E-state index in [2.05, 4.69) is 74.9 Å². The molecule has 1 aromatic carbocycles. The fourth-order valence-electron chi connectivity index (χ4n) is 5.98. The summed E-state index contributed by atoms with van der Waals surface area (Å²) < 4.78 is 11.5. The monoisotopic (exact) mass is 476 g/mol. The van der Waals surface area contributed by atoms with Gasteiger partial charge in [0.15, 0.2) is 0 Å². The fraction of sp³-hybridized carbons (Fsp3) is 0.786. The van der Waals surface area contributed by atoms with E-state index in [1.54, 1.807) is 0 Å². The third kappa shape index (κ3) is 8.58. The fourth-order valence-corrected chi connectivity index (χ4v) is 7.33. The summed E-state index contributed by atoms with van der Waals surface area (Å²) in [5, 5.41) is 3.44. The van der Waals surface area contributed by atoms with Gasteiger partial charge in [-0.2, -0.15) is 0 Å². The van der Waals surface area contributed by atoms with Crippen molar-refractivity contribution in [2.24, 2.45) is 5.92 Å². The Morgan fingerprint density at radius 2 is 1.58 bits per heavy atom. The molecule has 188 valence electrons. The SMILES string of the molecule is CCC1COP(NCCCCCCCCC2CC(C)(C)N(Cc3ccccc3)C(C)(C)C2)O1. The van der Waals surface area contributed by atoms with Crippen LogP contribution in [-0.2, 0) is 15.6 Å². The van der Waals surface area contributed by atoms with Crippen molar-refractivity contribution >= 4 is 8.53 Å². The molecule has 2 aliphatic rings. The number of nitrogens with zero attached hydrogens (tertiary/aromatic N) is 1. The second-order valence-corrected chi connectivity index (χ2v) is 12.8. The Hall–Kier alpha value is -0.510. The lowest BCUT2D eigenvalue weighted by Gasteiger charge is -2.55. The van der Waals surface area contributed by atoms with E-state index in [-0.39, 0.29) is 11.1 Å². The molecule has 33 heavy (non-hydrogen) atoms. The number of hydrogen-bond acceptors (Lipinski definition) is 4. The molecule has 2 atom stereocenters. The van der Waals surface area contributed by atoms with E-state index in [9.17, 15) is 0 Å². The maximum absolute atomic E-state index is 5.82. The summed E-state index contributed by atoms with van der Waals surface area (Å²) in [4.78, 5) is 2.76. The minimum absolute atomic E-state index is 0.251. The van der Waals surface area contributed by atoms with Crippen LogP contribution in [0.4, 0.5) is 0 Å². The van der Waals surface area contributed by atoms with Gasteiger partial charge in [-0.05, 0) is 64.9 Å². The van der Waals surface area contributed by atoms with E-state index in [0.29, 0.717) is 6.10 Å². The zero-order chi connectivity index (χ0) is 23.7. The third-order valence-electron chi connectivity index (χ3n) is 7.58. The van der Waals surface area contributed by atoms with Crippen molar-refractivity contribution in [1.29, 1.82) is 0 Å². The van der Waals surface area contributed by atoms with E-state index in [1.807, 2.05) is 0 Å². The van der Waals surface area contributed by atoms with Crippen LogP contribution in [0.3, 0.4) is 0 Å². The van der Waals surface area contributed by atoms with Gasteiger partial charge >= 0.3 is 0 Å². The first kappa shape index (κ1) is 27.1. The summed E-state index contributed by atoms with van der Waals surface area (Å²) in [6.45, 7) is 14.8. The van der Waals surface area contributed by atoms with Gasteiger partial charge < -0.3 is 9.05 Å². The van der Waals surface area contributed by atoms with Gasteiger partial charge in [-0.15, -0.1) is 0 Å². The van der Waals surface area contributed by atoms with E-state index in [0.717, 1.165) is 32.0 Å². The molecule has 0 radical (unpaired) electrons. The summed E-state index contributed by atoms with van der Waals surface area (Å²) in [5.74, 6) is 0.854. The van der Waals surface area contributed by atoms with Crippen molar-refractivity contribution in [1.82, 2.24) is 9.99 Å². The van der Waals surface area contributed by atoms with Gasteiger partial charge in [-0.3, -0.25) is 9.99 Å². The Morgan fingerprint density at radius 1 is 0.939 bits per heavy atom. The topological polar surface area (TPSA) is 33.7 Å². The van der Waals surface area contributed by atoms with Gasteiger partial charge in [0.2, 0.25) is 0 Å². The van der Waals surface area contributed by atoms with Gasteiger partial charge in [-0.25, -0.2) is 0 Å². The highest BCUT2D eigenvalue weighted by Crippen LogP contribution is 2.44. The summed E-state index contributed by atoms with van der Waals surface area (Å²) >= 11 is 0. The second kappa shape index (κ2) is 13.0. The summed E-state index contributed by atoms with van der Waals surface area (Å²) in [6.07, 6.45) is 13.4. The highest BCUT2D eigenvalue weighted by Gasteiger charge is 2.44. The van der Waals surface area contributed by atoms with E-state index in [1.165, 1.54) is 63.4 Å². The van der Waals surface area contributed by atoms with Crippen LogP contribution in [-0.4, -0.2) is 35.2 Å². The van der Waals surface area contributed by atoms with E-state index < -0.39 is 8.53 Å². The van der Waals surface area contributed by atoms with E-state index in [4.69, 9.17) is 9.05 Å². The Labute approximate surface area is 205 Å². The number of hydrogen-bond donors (Lipinski definition) is 1. The first-order chi connectivity index (χ1) is 15.8. The van der Waals surface area contributed by atoms with Crippen LogP contribution in [0.1, 0.15) is 104 Å². The molecule has 5 heteroatoms. The van der Waals surface area contributed by atoms with Crippen molar-refractivity contribution in [2.45, 2.75) is 123 Å². The predicted molar refractivity (Wildman–Crippen MR) is 141 cm³/mol. The molecule has 2 aliphatic heterocycles. The molecule has 2 fully saturated rings. The number of unbranched alkanes of at least 4 members (excludes halogenated alkanes) is 5. The van der Waals surface area contributed by atoms with Crippen LogP contribution in [0.25, 0.3) is 0 Å². The summed E-state index contributed by atoms with van der Waals surface area (Å²) in [7, 11) is -0.815. The van der Waals surface area contributed by atoms with Crippen molar-refractivity contribution in [3.63, 3.8) is 0 Å². The average molecular weight is 477 g/mol. The van der Waals surface area contributed by atoms with Crippen molar-refractivity contribution in [3.05, 3.63) is 35.9 Å². The van der Waals surface area contributed by atoms with Crippen LogP contribution in [0.2, 0.25) is 0 Å². The molecule has 2 heterocycles. The quantitative estimate of drug-likeness (QED) is 0.232. The molecule has 1 N–H and O–H groups in total. The molecule has 4 nitrogen and oxygen atoms in total. The first-order valence-corrected chi connectivity index (χ1v) is 14.6. The number of nitrogens with one attached hydrogen (secondary N) is 1. The Balaban J connectivity index is 1.27. The molecule has 0 aromatic heterocycles. The molecule has 0 amide bonds. The maximum Gasteiger partial charge on any atom is 0.256 e. The largest absolute Gasteiger partial charge is 0.319 e. The Bertz CT molecular complexity index is 664. The van der Waals surface area contributed by atoms with Crippen LogP contribution < -0.4 is 5.09 Å².